The molecule has 0 radical (unpaired) electrons. The lowest BCUT2D eigenvalue weighted by Gasteiger charge is -2.27. The number of piperidine rings is 1. The summed E-state index contributed by atoms with van der Waals surface area (Å²) in [5, 5.41) is 0.763. The standard InChI is InChI=1S/C9H13NS/c1-7-5-8-6-10(2)4-3-9(8)11-7/h5,9H,1,3-4,6H2,2H3. The second-order valence-electron chi connectivity index (χ2n) is 3.32. The Morgan fingerprint density at radius 3 is 3.36 bits per heavy atom. The van der Waals surface area contributed by atoms with Crippen molar-refractivity contribution in [3.63, 3.8) is 0 Å². The van der Waals surface area contributed by atoms with Crippen LogP contribution in [0.5, 0.6) is 0 Å². The summed E-state index contributed by atoms with van der Waals surface area (Å²) in [6.45, 7) is 6.36. The molecule has 1 unspecified atom stereocenters. The fourth-order valence-corrected chi connectivity index (χ4v) is 2.81. The highest BCUT2D eigenvalue weighted by Gasteiger charge is 2.26. The summed E-state index contributed by atoms with van der Waals surface area (Å²) in [7, 11) is 2.18. The molecule has 2 heteroatoms. The second-order valence-corrected chi connectivity index (χ2v) is 4.65. The molecule has 0 aromatic carbocycles. The lowest BCUT2D eigenvalue weighted by Crippen LogP contribution is -2.32. The molecule has 0 saturated carbocycles. The van der Waals surface area contributed by atoms with Crippen LogP contribution < -0.4 is 0 Å². The molecule has 2 heterocycles. The van der Waals surface area contributed by atoms with Gasteiger partial charge in [-0.1, -0.05) is 6.58 Å². The summed E-state index contributed by atoms with van der Waals surface area (Å²) in [5.74, 6) is 0. The minimum atomic E-state index is 0.763. The molecule has 1 fully saturated rings. The molecule has 0 spiro atoms. The molecule has 2 aliphatic heterocycles. The van der Waals surface area contributed by atoms with Gasteiger partial charge in [0.15, 0.2) is 0 Å². The SMILES string of the molecule is C=C1C=C2CN(C)CCC2S1. The quantitative estimate of drug-likeness (QED) is 0.542. The van der Waals surface area contributed by atoms with E-state index in [1.807, 2.05) is 11.8 Å². The normalized spacial score (nSPS) is 31.9. The number of likely N-dealkylation sites (N-methyl/N-ethyl adjacent to an activating group) is 1. The van der Waals surface area contributed by atoms with Gasteiger partial charge in [-0.15, -0.1) is 11.8 Å². The number of nitrogens with zero attached hydrogens (tertiary/aromatic N) is 1. The Morgan fingerprint density at radius 2 is 2.55 bits per heavy atom. The fraction of sp³-hybridized carbons (Fsp3) is 0.556. The highest BCUT2D eigenvalue weighted by atomic mass is 32.2. The number of fused-ring (bicyclic) bond motifs is 1. The lowest BCUT2D eigenvalue weighted by molar-refractivity contribution is 0.327. The maximum atomic E-state index is 3.97. The molecule has 0 aromatic rings. The van der Waals surface area contributed by atoms with E-state index in [2.05, 4.69) is 24.6 Å². The van der Waals surface area contributed by atoms with Crippen LogP contribution in [0.2, 0.25) is 0 Å². The summed E-state index contributed by atoms with van der Waals surface area (Å²) in [5.41, 5.74) is 1.58. The third-order valence-corrected chi connectivity index (χ3v) is 3.52. The molecule has 60 valence electrons. The molecule has 2 rings (SSSR count). The predicted octanol–water partition coefficient (Wildman–Crippen LogP) is 1.88. The molecular formula is C9H13NS. The van der Waals surface area contributed by atoms with Crippen LogP contribution in [0.1, 0.15) is 6.42 Å². The molecule has 2 aliphatic rings. The first-order valence-corrected chi connectivity index (χ1v) is 4.88. The van der Waals surface area contributed by atoms with Gasteiger partial charge in [0.1, 0.15) is 0 Å². The van der Waals surface area contributed by atoms with Crippen molar-refractivity contribution < 1.29 is 0 Å². The summed E-state index contributed by atoms with van der Waals surface area (Å²) in [6.07, 6.45) is 3.55. The number of likely N-dealkylation sites (tertiary alicyclic amines) is 1. The van der Waals surface area contributed by atoms with Crippen molar-refractivity contribution in [1.82, 2.24) is 4.90 Å². The number of hydrogen-bond donors (Lipinski definition) is 0. The van der Waals surface area contributed by atoms with Crippen molar-refractivity contribution in [2.75, 3.05) is 20.1 Å². The van der Waals surface area contributed by atoms with E-state index in [9.17, 15) is 0 Å². The minimum Gasteiger partial charge on any atom is -0.302 e. The molecule has 1 nitrogen and oxygen atoms in total. The molecule has 0 bridgehead atoms. The van der Waals surface area contributed by atoms with Crippen LogP contribution in [-0.4, -0.2) is 30.3 Å². The van der Waals surface area contributed by atoms with Gasteiger partial charge >= 0.3 is 0 Å². The third kappa shape index (κ3) is 1.37. The second kappa shape index (κ2) is 2.68. The van der Waals surface area contributed by atoms with E-state index < -0.39 is 0 Å². The van der Waals surface area contributed by atoms with Gasteiger partial charge in [-0.25, -0.2) is 0 Å². The Kier molecular flexibility index (Phi) is 1.81. The van der Waals surface area contributed by atoms with Crippen LogP contribution in [0.15, 0.2) is 23.1 Å². The van der Waals surface area contributed by atoms with E-state index in [1.165, 1.54) is 17.9 Å². The summed E-state index contributed by atoms with van der Waals surface area (Å²) in [6, 6.07) is 0. The Hall–Kier alpha value is -0.210. The van der Waals surface area contributed by atoms with Crippen LogP contribution in [0.3, 0.4) is 0 Å². The van der Waals surface area contributed by atoms with E-state index in [-0.39, 0.29) is 0 Å². The minimum absolute atomic E-state index is 0.763. The molecule has 0 aromatic heterocycles. The third-order valence-electron chi connectivity index (χ3n) is 2.28. The lowest BCUT2D eigenvalue weighted by atomic mass is 10.1. The maximum Gasteiger partial charge on any atom is 0.0331 e. The van der Waals surface area contributed by atoms with E-state index in [0.717, 1.165) is 11.8 Å². The number of thioether (sulfide) groups is 1. The van der Waals surface area contributed by atoms with Gasteiger partial charge in [0.05, 0.1) is 0 Å². The summed E-state index contributed by atoms with van der Waals surface area (Å²) >= 11 is 1.94. The van der Waals surface area contributed by atoms with Crippen molar-refractivity contribution in [3.8, 4) is 0 Å². The molecule has 0 N–H and O–H groups in total. The molecule has 0 amide bonds. The first-order valence-electron chi connectivity index (χ1n) is 4.00. The van der Waals surface area contributed by atoms with Gasteiger partial charge in [0.25, 0.3) is 0 Å². The van der Waals surface area contributed by atoms with E-state index in [0.29, 0.717) is 0 Å². The van der Waals surface area contributed by atoms with E-state index in [4.69, 9.17) is 0 Å². The van der Waals surface area contributed by atoms with Crippen molar-refractivity contribution in [2.45, 2.75) is 11.7 Å². The zero-order chi connectivity index (χ0) is 7.84. The highest BCUT2D eigenvalue weighted by Crippen LogP contribution is 2.39. The van der Waals surface area contributed by atoms with E-state index >= 15 is 0 Å². The number of hydrogen-bond acceptors (Lipinski definition) is 2. The number of allylic oxidation sites excluding steroid dienone is 1. The summed E-state index contributed by atoms with van der Waals surface area (Å²) in [4.78, 5) is 3.63. The van der Waals surface area contributed by atoms with Gasteiger partial charge in [-0.05, 0) is 31.7 Å². The van der Waals surface area contributed by atoms with Gasteiger partial charge in [-0.2, -0.15) is 0 Å². The number of rotatable bonds is 0. The van der Waals surface area contributed by atoms with Crippen LogP contribution in [-0.2, 0) is 0 Å². The van der Waals surface area contributed by atoms with Crippen molar-refractivity contribution >= 4 is 11.8 Å². The van der Waals surface area contributed by atoms with Gasteiger partial charge in [-0.3, -0.25) is 0 Å². The van der Waals surface area contributed by atoms with Crippen LogP contribution in [0.25, 0.3) is 0 Å². The average Bonchev–Trinajstić information content (AvgIpc) is 2.27. The molecular weight excluding hydrogens is 154 g/mol. The van der Waals surface area contributed by atoms with E-state index in [1.54, 1.807) is 5.57 Å². The van der Waals surface area contributed by atoms with Crippen LogP contribution >= 0.6 is 11.8 Å². The zero-order valence-corrected chi connectivity index (χ0v) is 7.66. The maximum absolute atomic E-state index is 3.97. The smallest absolute Gasteiger partial charge is 0.0331 e. The van der Waals surface area contributed by atoms with Gasteiger partial charge < -0.3 is 4.90 Å². The molecule has 11 heavy (non-hydrogen) atoms. The monoisotopic (exact) mass is 167 g/mol. The Morgan fingerprint density at radius 1 is 1.73 bits per heavy atom. The Balaban J connectivity index is 2.15. The van der Waals surface area contributed by atoms with Crippen LogP contribution in [0.4, 0.5) is 0 Å². The van der Waals surface area contributed by atoms with Crippen molar-refractivity contribution in [1.29, 1.82) is 0 Å². The van der Waals surface area contributed by atoms with Gasteiger partial charge in [0, 0.05) is 16.7 Å². The Bertz CT molecular complexity index is 220. The van der Waals surface area contributed by atoms with Crippen molar-refractivity contribution in [3.05, 3.63) is 23.1 Å². The fourth-order valence-electron chi connectivity index (χ4n) is 1.71. The van der Waals surface area contributed by atoms with Crippen LogP contribution in [0, 0.1) is 0 Å². The zero-order valence-electron chi connectivity index (χ0n) is 6.84. The van der Waals surface area contributed by atoms with Gasteiger partial charge in [0.2, 0.25) is 0 Å². The highest BCUT2D eigenvalue weighted by molar-refractivity contribution is 8.04. The Labute approximate surface area is 72.2 Å². The molecule has 0 aliphatic carbocycles. The topological polar surface area (TPSA) is 3.24 Å². The first kappa shape index (κ1) is 7.44. The summed E-state index contributed by atoms with van der Waals surface area (Å²) < 4.78 is 0. The predicted molar refractivity (Wildman–Crippen MR) is 50.7 cm³/mol. The molecule has 1 atom stereocenters. The average molecular weight is 167 g/mol. The largest absolute Gasteiger partial charge is 0.302 e. The molecule has 1 saturated heterocycles. The van der Waals surface area contributed by atoms with Crippen molar-refractivity contribution in [2.24, 2.45) is 0 Å². The first-order chi connectivity index (χ1) is 5.25.